The van der Waals surface area contributed by atoms with Gasteiger partial charge in [0.15, 0.2) is 5.82 Å². The van der Waals surface area contributed by atoms with Gasteiger partial charge in [-0.15, -0.1) is 12.4 Å². The third kappa shape index (κ3) is 2.55. The van der Waals surface area contributed by atoms with Crippen LogP contribution in [0.2, 0.25) is 0 Å². The van der Waals surface area contributed by atoms with Gasteiger partial charge < -0.3 is 5.11 Å². The number of hydrogen-bond donors (Lipinski definition) is 1. The van der Waals surface area contributed by atoms with Crippen molar-refractivity contribution in [1.82, 2.24) is 9.97 Å². The van der Waals surface area contributed by atoms with Gasteiger partial charge in [0.05, 0.1) is 5.56 Å². The van der Waals surface area contributed by atoms with E-state index >= 15 is 0 Å². The van der Waals surface area contributed by atoms with Crippen molar-refractivity contribution in [1.29, 1.82) is 0 Å². The van der Waals surface area contributed by atoms with Crippen molar-refractivity contribution in [3.8, 4) is 11.4 Å². The Hall–Kier alpha value is -1.94. The number of carboxylic acid groups (broad SMARTS) is 1. The number of hydrogen-bond acceptors (Lipinski definition) is 3. The van der Waals surface area contributed by atoms with Crippen molar-refractivity contribution >= 4 is 18.4 Å². The molecular weight excluding hydrogens is 228 g/mol. The summed E-state index contributed by atoms with van der Waals surface area (Å²) < 4.78 is 0. The van der Waals surface area contributed by atoms with E-state index in [1.807, 2.05) is 30.3 Å². The molecule has 5 heteroatoms. The molecule has 1 aromatic heterocycles. The largest absolute Gasteiger partial charge is 0.478 e. The molecule has 0 aliphatic heterocycles. The molecule has 2 rings (SSSR count). The molecule has 0 saturated carbocycles. The summed E-state index contributed by atoms with van der Waals surface area (Å²) in [6.45, 7) is 0. The first kappa shape index (κ1) is 12.1. The summed E-state index contributed by atoms with van der Waals surface area (Å²) in [6.07, 6.45) is 2.61. The summed E-state index contributed by atoms with van der Waals surface area (Å²) in [5.74, 6) is -0.491. The summed E-state index contributed by atoms with van der Waals surface area (Å²) in [6, 6.07) is 9.40. The van der Waals surface area contributed by atoms with Gasteiger partial charge in [-0.05, 0) is 0 Å². The number of rotatable bonds is 2. The Morgan fingerprint density at radius 2 is 1.62 bits per heavy atom. The van der Waals surface area contributed by atoms with Crippen LogP contribution in [0.3, 0.4) is 0 Å². The summed E-state index contributed by atoms with van der Waals surface area (Å²) in [4.78, 5) is 18.5. The van der Waals surface area contributed by atoms with Crippen molar-refractivity contribution in [2.24, 2.45) is 0 Å². The fraction of sp³-hybridized carbons (Fsp3) is 0. The lowest BCUT2D eigenvalue weighted by Gasteiger charge is -1.99. The second-order valence-electron chi connectivity index (χ2n) is 2.97. The monoisotopic (exact) mass is 236 g/mol. The van der Waals surface area contributed by atoms with Gasteiger partial charge in [0.2, 0.25) is 0 Å². The van der Waals surface area contributed by atoms with Crippen LogP contribution in [0.25, 0.3) is 11.4 Å². The maximum Gasteiger partial charge on any atom is 0.338 e. The molecular formula is C11H9ClN2O2. The number of carboxylic acids is 1. The number of aromatic carboxylic acids is 1. The van der Waals surface area contributed by atoms with Crippen molar-refractivity contribution < 1.29 is 9.90 Å². The van der Waals surface area contributed by atoms with Crippen LogP contribution >= 0.6 is 12.4 Å². The summed E-state index contributed by atoms with van der Waals surface area (Å²) in [5.41, 5.74) is 0.962. The first-order valence-corrected chi connectivity index (χ1v) is 4.38. The third-order valence-electron chi connectivity index (χ3n) is 1.93. The predicted octanol–water partition coefficient (Wildman–Crippen LogP) is 2.26. The van der Waals surface area contributed by atoms with Crippen LogP contribution in [0.5, 0.6) is 0 Å². The molecule has 0 atom stereocenters. The van der Waals surface area contributed by atoms with Crippen molar-refractivity contribution in [2.45, 2.75) is 0 Å². The maximum absolute atomic E-state index is 10.6. The number of carbonyl (C=O) groups is 1. The van der Waals surface area contributed by atoms with Crippen LogP contribution in [0.4, 0.5) is 0 Å². The van der Waals surface area contributed by atoms with Crippen LogP contribution in [0.1, 0.15) is 10.4 Å². The Labute approximate surface area is 98.4 Å². The van der Waals surface area contributed by atoms with E-state index in [4.69, 9.17) is 5.11 Å². The highest BCUT2D eigenvalue weighted by molar-refractivity contribution is 5.86. The average molecular weight is 237 g/mol. The number of halogens is 1. The molecule has 1 N–H and O–H groups in total. The van der Waals surface area contributed by atoms with Gasteiger partial charge in [0.25, 0.3) is 0 Å². The van der Waals surface area contributed by atoms with Crippen molar-refractivity contribution in [3.05, 3.63) is 48.3 Å². The van der Waals surface area contributed by atoms with Crippen molar-refractivity contribution in [3.63, 3.8) is 0 Å². The molecule has 0 aliphatic carbocycles. The van der Waals surface area contributed by atoms with Gasteiger partial charge in [-0.2, -0.15) is 0 Å². The van der Waals surface area contributed by atoms with Crippen LogP contribution in [0, 0.1) is 0 Å². The van der Waals surface area contributed by atoms with E-state index in [9.17, 15) is 4.79 Å². The minimum Gasteiger partial charge on any atom is -0.478 e. The van der Waals surface area contributed by atoms with Crippen LogP contribution in [-0.4, -0.2) is 21.0 Å². The first-order chi connectivity index (χ1) is 7.27. The van der Waals surface area contributed by atoms with E-state index in [2.05, 4.69) is 9.97 Å². The minimum absolute atomic E-state index is 0. The van der Waals surface area contributed by atoms with E-state index < -0.39 is 5.97 Å². The number of nitrogens with zero attached hydrogens (tertiary/aromatic N) is 2. The first-order valence-electron chi connectivity index (χ1n) is 4.38. The molecule has 1 heterocycles. The third-order valence-corrected chi connectivity index (χ3v) is 1.93. The van der Waals surface area contributed by atoms with Gasteiger partial charge in [-0.1, -0.05) is 30.3 Å². The lowest BCUT2D eigenvalue weighted by molar-refractivity contribution is 0.0696. The Kier molecular flexibility index (Phi) is 3.96. The Bertz CT molecular complexity index is 471. The van der Waals surface area contributed by atoms with E-state index in [0.29, 0.717) is 5.82 Å². The Morgan fingerprint density at radius 3 is 2.12 bits per heavy atom. The number of benzene rings is 1. The van der Waals surface area contributed by atoms with Crippen LogP contribution in [0.15, 0.2) is 42.7 Å². The molecule has 4 nitrogen and oxygen atoms in total. The normalized spacial score (nSPS) is 9.25. The van der Waals surface area contributed by atoms with Gasteiger partial charge in [0.1, 0.15) is 0 Å². The second kappa shape index (κ2) is 5.23. The SMILES string of the molecule is Cl.O=C(O)c1cnc(-c2ccccc2)nc1. The zero-order valence-electron chi connectivity index (χ0n) is 8.20. The fourth-order valence-electron chi connectivity index (χ4n) is 1.17. The summed E-state index contributed by atoms with van der Waals surface area (Å²) in [5, 5.41) is 8.67. The molecule has 82 valence electrons. The molecule has 2 aromatic rings. The highest BCUT2D eigenvalue weighted by atomic mass is 35.5. The molecule has 0 saturated heterocycles. The average Bonchev–Trinajstić information content (AvgIpc) is 2.30. The van der Waals surface area contributed by atoms with E-state index in [0.717, 1.165) is 5.56 Å². The lowest BCUT2D eigenvalue weighted by Crippen LogP contribution is -1.99. The Morgan fingerprint density at radius 1 is 1.06 bits per heavy atom. The summed E-state index contributed by atoms with van der Waals surface area (Å²) >= 11 is 0. The van der Waals surface area contributed by atoms with Gasteiger partial charge in [0, 0.05) is 18.0 Å². The van der Waals surface area contributed by atoms with Gasteiger partial charge in [-0.3, -0.25) is 0 Å². The van der Waals surface area contributed by atoms with E-state index in [1.54, 1.807) is 0 Å². The fourth-order valence-corrected chi connectivity index (χ4v) is 1.17. The zero-order valence-corrected chi connectivity index (χ0v) is 9.02. The Balaban J connectivity index is 0.00000128. The molecule has 0 aliphatic rings. The van der Waals surface area contributed by atoms with E-state index in [1.165, 1.54) is 12.4 Å². The number of aromatic nitrogens is 2. The topological polar surface area (TPSA) is 63.1 Å². The lowest BCUT2D eigenvalue weighted by atomic mass is 10.2. The van der Waals surface area contributed by atoms with Crippen LogP contribution in [-0.2, 0) is 0 Å². The standard InChI is InChI=1S/C11H8N2O2.ClH/c14-11(15)9-6-12-10(13-7-9)8-4-2-1-3-5-8;/h1-7H,(H,14,15);1H. The highest BCUT2D eigenvalue weighted by Crippen LogP contribution is 2.12. The smallest absolute Gasteiger partial charge is 0.338 e. The molecule has 1 aromatic carbocycles. The highest BCUT2D eigenvalue weighted by Gasteiger charge is 2.04. The molecule has 0 amide bonds. The molecule has 16 heavy (non-hydrogen) atoms. The van der Waals surface area contributed by atoms with Gasteiger partial charge >= 0.3 is 5.97 Å². The molecule has 0 unspecified atom stereocenters. The minimum atomic E-state index is -1.02. The molecule has 0 spiro atoms. The predicted molar refractivity (Wildman–Crippen MR) is 61.7 cm³/mol. The quantitative estimate of drug-likeness (QED) is 0.869. The maximum atomic E-state index is 10.6. The molecule has 0 fully saturated rings. The van der Waals surface area contributed by atoms with E-state index in [-0.39, 0.29) is 18.0 Å². The molecule has 0 bridgehead atoms. The zero-order chi connectivity index (χ0) is 10.7. The second-order valence-corrected chi connectivity index (χ2v) is 2.97. The van der Waals surface area contributed by atoms with Crippen LogP contribution < -0.4 is 0 Å². The summed E-state index contributed by atoms with van der Waals surface area (Å²) in [7, 11) is 0. The molecule has 0 radical (unpaired) electrons. The van der Waals surface area contributed by atoms with Gasteiger partial charge in [-0.25, -0.2) is 14.8 Å². The van der Waals surface area contributed by atoms with Crippen molar-refractivity contribution in [2.75, 3.05) is 0 Å².